The highest BCUT2D eigenvalue weighted by atomic mass is 35.5. The minimum atomic E-state index is 0.184. The van der Waals surface area contributed by atoms with Gasteiger partial charge in [-0.2, -0.15) is 0 Å². The van der Waals surface area contributed by atoms with E-state index in [2.05, 4.69) is 25.1 Å². The molecule has 1 saturated carbocycles. The van der Waals surface area contributed by atoms with E-state index in [1.165, 1.54) is 42.4 Å². The Labute approximate surface area is 114 Å². The van der Waals surface area contributed by atoms with Crippen molar-refractivity contribution < 1.29 is 4.74 Å². The Morgan fingerprint density at radius 3 is 2.61 bits per heavy atom. The Balaban J connectivity index is 1.74. The van der Waals surface area contributed by atoms with Crippen molar-refractivity contribution in [1.29, 1.82) is 0 Å². The zero-order chi connectivity index (χ0) is 12.5. The number of halogens is 1. The van der Waals surface area contributed by atoms with Crippen LogP contribution < -0.4 is 0 Å². The van der Waals surface area contributed by atoms with E-state index in [1.54, 1.807) is 0 Å². The van der Waals surface area contributed by atoms with Crippen LogP contribution in [0.4, 0.5) is 0 Å². The number of fused-ring (bicyclic) bond motifs is 1. The molecule has 2 heteroatoms. The number of rotatable bonds is 2. The summed E-state index contributed by atoms with van der Waals surface area (Å²) in [6.07, 6.45) is 5.23. The van der Waals surface area contributed by atoms with Crippen molar-refractivity contribution in [2.45, 2.75) is 51.2 Å². The highest BCUT2D eigenvalue weighted by Gasteiger charge is 2.26. The molecular weight excluding hydrogens is 244 g/mol. The van der Waals surface area contributed by atoms with Gasteiger partial charge in [-0.15, -0.1) is 11.6 Å². The predicted molar refractivity (Wildman–Crippen MR) is 74.7 cm³/mol. The number of hydrogen-bond donors (Lipinski definition) is 0. The molecule has 0 N–H and O–H groups in total. The lowest BCUT2D eigenvalue weighted by atomic mass is 9.79. The molecule has 18 heavy (non-hydrogen) atoms. The first kappa shape index (κ1) is 12.5. The van der Waals surface area contributed by atoms with Crippen LogP contribution in [-0.2, 0) is 18.0 Å². The van der Waals surface area contributed by atoms with Gasteiger partial charge in [-0.05, 0) is 41.4 Å². The van der Waals surface area contributed by atoms with Crippen molar-refractivity contribution in [3.05, 3.63) is 34.9 Å². The molecule has 1 fully saturated rings. The molecule has 1 aromatic rings. The fraction of sp³-hybridized carbons (Fsp3) is 0.625. The monoisotopic (exact) mass is 264 g/mol. The van der Waals surface area contributed by atoms with E-state index in [1.807, 2.05) is 0 Å². The summed E-state index contributed by atoms with van der Waals surface area (Å²) in [4.78, 5) is 0. The molecule has 2 aliphatic rings. The molecule has 1 aliphatic heterocycles. The zero-order valence-corrected chi connectivity index (χ0v) is 11.7. The summed E-state index contributed by atoms with van der Waals surface area (Å²) in [5, 5.41) is 0.184. The van der Waals surface area contributed by atoms with Gasteiger partial charge in [0.05, 0.1) is 18.6 Å². The van der Waals surface area contributed by atoms with Gasteiger partial charge in [0.15, 0.2) is 0 Å². The third kappa shape index (κ3) is 2.44. The zero-order valence-electron chi connectivity index (χ0n) is 11.0. The average molecular weight is 265 g/mol. The number of benzene rings is 1. The van der Waals surface area contributed by atoms with Crippen molar-refractivity contribution in [2.24, 2.45) is 11.8 Å². The maximum absolute atomic E-state index is 6.69. The summed E-state index contributed by atoms with van der Waals surface area (Å²) in [6, 6.07) is 6.65. The third-order valence-electron chi connectivity index (χ3n) is 4.54. The number of hydrogen-bond acceptors (Lipinski definition) is 1. The van der Waals surface area contributed by atoms with Gasteiger partial charge in [0.1, 0.15) is 0 Å². The average Bonchev–Trinajstić information content (AvgIpc) is 2.86. The van der Waals surface area contributed by atoms with E-state index in [4.69, 9.17) is 16.3 Å². The molecule has 0 amide bonds. The second-order valence-electron chi connectivity index (χ2n) is 5.94. The van der Waals surface area contributed by atoms with E-state index in [9.17, 15) is 0 Å². The topological polar surface area (TPSA) is 9.23 Å². The Hall–Kier alpha value is -0.530. The van der Waals surface area contributed by atoms with E-state index in [0.717, 1.165) is 19.1 Å². The van der Waals surface area contributed by atoms with Gasteiger partial charge < -0.3 is 4.74 Å². The summed E-state index contributed by atoms with van der Waals surface area (Å²) >= 11 is 6.69. The van der Waals surface area contributed by atoms with Crippen LogP contribution in [-0.4, -0.2) is 0 Å². The van der Waals surface area contributed by atoms with Gasteiger partial charge in [-0.25, -0.2) is 0 Å². The lowest BCUT2D eigenvalue weighted by Crippen LogP contribution is -2.16. The van der Waals surface area contributed by atoms with Crippen molar-refractivity contribution in [2.75, 3.05) is 0 Å². The molecule has 0 aromatic heterocycles. The van der Waals surface area contributed by atoms with Crippen LogP contribution in [0, 0.1) is 11.8 Å². The van der Waals surface area contributed by atoms with Gasteiger partial charge in [-0.1, -0.05) is 38.0 Å². The summed E-state index contributed by atoms with van der Waals surface area (Å²) in [5.41, 5.74) is 3.96. The van der Waals surface area contributed by atoms with Gasteiger partial charge in [-0.3, -0.25) is 0 Å². The van der Waals surface area contributed by atoms with Crippen LogP contribution in [0.2, 0.25) is 0 Å². The van der Waals surface area contributed by atoms with E-state index < -0.39 is 0 Å². The van der Waals surface area contributed by atoms with Gasteiger partial charge in [0.2, 0.25) is 0 Å². The van der Waals surface area contributed by atoms with Crippen LogP contribution in [0.5, 0.6) is 0 Å². The quantitative estimate of drug-likeness (QED) is 0.696. The fourth-order valence-electron chi connectivity index (χ4n) is 3.21. The number of alkyl halides is 1. The van der Waals surface area contributed by atoms with Crippen molar-refractivity contribution in [1.82, 2.24) is 0 Å². The normalized spacial score (nSPS) is 29.0. The lowest BCUT2D eigenvalue weighted by molar-refractivity contribution is 0.134. The summed E-state index contributed by atoms with van der Waals surface area (Å²) in [5.74, 6) is 1.54. The summed E-state index contributed by atoms with van der Waals surface area (Å²) in [7, 11) is 0. The molecule has 0 spiro atoms. The second-order valence-corrected chi connectivity index (χ2v) is 6.41. The fourth-order valence-corrected chi connectivity index (χ4v) is 3.60. The maximum Gasteiger partial charge on any atom is 0.0725 e. The van der Waals surface area contributed by atoms with E-state index in [0.29, 0.717) is 5.92 Å². The SMILES string of the molecule is CC1CCC(C(Cl)c2ccc3c(c2)COC3)CC1. The minimum absolute atomic E-state index is 0.184. The number of ether oxygens (including phenoxy) is 1. The predicted octanol–water partition coefficient (Wildman–Crippen LogP) is 4.82. The largest absolute Gasteiger partial charge is 0.372 e. The minimum Gasteiger partial charge on any atom is -0.372 e. The lowest BCUT2D eigenvalue weighted by Gasteiger charge is -2.29. The molecule has 0 radical (unpaired) electrons. The van der Waals surface area contributed by atoms with Crippen LogP contribution in [0.3, 0.4) is 0 Å². The van der Waals surface area contributed by atoms with Crippen molar-refractivity contribution >= 4 is 11.6 Å². The first-order valence-electron chi connectivity index (χ1n) is 7.07. The summed E-state index contributed by atoms with van der Waals surface area (Å²) < 4.78 is 5.47. The van der Waals surface area contributed by atoms with Gasteiger partial charge in [0.25, 0.3) is 0 Å². The first-order valence-corrected chi connectivity index (χ1v) is 7.51. The van der Waals surface area contributed by atoms with E-state index in [-0.39, 0.29) is 5.38 Å². The van der Waals surface area contributed by atoms with Crippen LogP contribution >= 0.6 is 11.6 Å². The molecule has 1 atom stereocenters. The molecule has 0 saturated heterocycles. The van der Waals surface area contributed by atoms with Gasteiger partial charge in [0, 0.05) is 0 Å². The molecular formula is C16H21ClO. The Kier molecular flexibility index (Phi) is 3.63. The van der Waals surface area contributed by atoms with Gasteiger partial charge >= 0.3 is 0 Å². The van der Waals surface area contributed by atoms with Crippen LogP contribution in [0.1, 0.15) is 54.7 Å². The van der Waals surface area contributed by atoms with E-state index >= 15 is 0 Å². The highest BCUT2D eigenvalue weighted by molar-refractivity contribution is 6.21. The van der Waals surface area contributed by atoms with Crippen LogP contribution in [0.15, 0.2) is 18.2 Å². The molecule has 3 rings (SSSR count). The Morgan fingerprint density at radius 2 is 1.83 bits per heavy atom. The smallest absolute Gasteiger partial charge is 0.0725 e. The van der Waals surface area contributed by atoms with Crippen LogP contribution in [0.25, 0.3) is 0 Å². The molecule has 1 aliphatic carbocycles. The maximum atomic E-state index is 6.69. The third-order valence-corrected chi connectivity index (χ3v) is 5.15. The molecule has 1 aromatic carbocycles. The molecule has 1 nitrogen and oxygen atoms in total. The molecule has 1 unspecified atom stereocenters. The highest BCUT2D eigenvalue weighted by Crippen LogP contribution is 2.41. The second kappa shape index (κ2) is 5.22. The molecule has 1 heterocycles. The summed E-state index contributed by atoms with van der Waals surface area (Å²) in [6.45, 7) is 3.88. The Bertz CT molecular complexity index is 421. The molecule has 0 bridgehead atoms. The van der Waals surface area contributed by atoms with Crippen molar-refractivity contribution in [3.63, 3.8) is 0 Å². The Morgan fingerprint density at radius 1 is 1.11 bits per heavy atom. The first-order chi connectivity index (χ1) is 8.74. The van der Waals surface area contributed by atoms with Crippen molar-refractivity contribution in [3.8, 4) is 0 Å². The standard InChI is InChI=1S/C16H21ClO/c1-11-2-4-12(5-3-11)16(17)13-6-7-14-9-18-10-15(14)8-13/h6-8,11-12,16H,2-5,9-10H2,1H3. The molecule has 98 valence electrons.